The van der Waals surface area contributed by atoms with E-state index in [1.54, 1.807) is 18.3 Å². The lowest BCUT2D eigenvalue weighted by Gasteiger charge is -2.04. The predicted molar refractivity (Wildman–Crippen MR) is 71.3 cm³/mol. The second-order valence-electron chi connectivity index (χ2n) is 3.94. The van der Waals surface area contributed by atoms with Crippen LogP contribution in [0.15, 0.2) is 41.8 Å². The monoisotopic (exact) mass is 245 g/mol. The van der Waals surface area contributed by atoms with E-state index in [0.717, 1.165) is 24.2 Å². The lowest BCUT2D eigenvalue weighted by atomic mass is 10.1. The number of ketones is 1. The van der Waals surface area contributed by atoms with Crippen LogP contribution < -0.4 is 5.32 Å². The molecule has 0 atom stereocenters. The number of carbonyl (C=O) groups excluding carboxylic acids is 1. The largest absolute Gasteiger partial charge is 0.308 e. The molecule has 0 saturated carbocycles. The van der Waals surface area contributed by atoms with Crippen molar-refractivity contribution in [3.63, 3.8) is 0 Å². The lowest BCUT2D eigenvalue weighted by molar-refractivity contribution is 0.101. The van der Waals surface area contributed by atoms with E-state index in [1.165, 1.54) is 4.88 Å². The molecule has 0 saturated heterocycles. The van der Waals surface area contributed by atoms with Crippen molar-refractivity contribution < 1.29 is 4.79 Å². The molecular formula is C14H15NOS. The molecular weight excluding hydrogens is 230 g/mol. The van der Waals surface area contributed by atoms with Gasteiger partial charge in [-0.3, -0.25) is 4.79 Å². The minimum Gasteiger partial charge on any atom is -0.308 e. The number of thiophene rings is 1. The van der Waals surface area contributed by atoms with Gasteiger partial charge in [0.1, 0.15) is 0 Å². The zero-order valence-corrected chi connectivity index (χ0v) is 10.6. The summed E-state index contributed by atoms with van der Waals surface area (Å²) in [6.45, 7) is 3.26. The molecule has 1 N–H and O–H groups in total. The van der Waals surface area contributed by atoms with E-state index >= 15 is 0 Å². The molecule has 0 amide bonds. The average Bonchev–Trinajstić information content (AvgIpc) is 2.82. The Balaban J connectivity index is 1.90. The summed E-state index contributed by atoms with van der Waals surface area (Å²) in [5.74, 6) is 0.116. The maximum absolute atomic E-state index is 11.2. The van der Waals surface area contributed by atoms with Crippen LogP contribution in [0.1, 0.15) is 27.7 Å². The van der Waals surface area contributed by atoms with E-state index in [4.69, 9.17) is 0 Å². The molecule has 0 aliphatic heterocycles. The maximum atomic E-state index is 11.2. The number of hydrogen-bond acceptors (Lipinski definition) is 3. The van der Waals surface area contributed by atoms with Crippen LogP contribution >= 0.6 is 11.3 Å². The standard InChI is InChI=1S/C14H15NOS/c1-11(16)13-5-2-4-12(8-13)9-15-10-14-6-3-7-17-14/h2-8,15H,9-10H2,1H3. The fourth-order valence-electron chi connectivity index (χ4n) is 1.64. The molecule has 3 heteroatoms. The third-order valence-electron chi connectivity index (χ3n) is 2.54. The van der Waals surface area contributed by atoms with E-state index in [1.807, 2.05) is 24.3 Å². The summed E-state index contributed by atoms with van der Waals surface area (Å²) >= 11 is 1.75. The topological polar surface area (TPSA) is 29.1 Å². The van der Waals surface area contributed by atoms with Crippen LogP contribution in [0.5, 0.6) is 0 Å². The van der Waals surface area contributed by atoms with Crippen LogP contribution in [0.25, 0.3) is 0 Å². The summed E-state index contributed by atoms with van der Waals surface area (Å²) in [7, 11) is 0. The molecule has 0 radical (unpaired) electrons. The molecule has 0 aliphatic rings. The Morgan fingerprint density at radius 3 is 2.82 bits per heavy atom. The highest BCUT2D eigenvalue weighted by atomic mass is 32.1. The second-order valence-corrected chi connectivity index (χ2v) is 4.97. The van der Waals surface area contributed by atoms with Crippen LogP contribution in [-0.4, -0.2) is 5.78 Å². The normalized spacial score (nSPS) is 10.4. The van der Waals surface area contributed by atoms with Gasteiger partial charge in [0.25, 0.3) is 0 Å². The molecule has 17 heavy (non-hydrogen) atoms. The van der Waals surface area contributed by atoms with Crippen molar-refractivity contribution in [1.82, 2.24) is 5.32 Å². The second kappa shape index (κ2) is 5.75. The Kier molecular flexibility index (Phi) is 4.07. The third-order valence-corrected chi connectivity index (χ3v) is 3.42. The first-order valence-corrected chi connectivity index (χ1v) is 6.46. The molecule has 1 aromatic carbocycles. The van der Waals surface area contributed by atoms with Crippen LogP contribution in [0.2, 0.25) is 0 Å². The SMILES string of the molecule is CC(=O)c1cccc(CNCc2cccs2)c1. The van der Waals surface area contributed by atoms with Crippen molar-refractivity contribution in [3.8, 4) is 0 Å². The molecule has 1 aromatic heterocycles. The molecule has 0 spiro atoms. The Morgan fingerprint density at radius 1 is 1.24 bits per heavy atom. The van der Waals surface area contributed by atoms with Crippen molar-refractivity contribution in [2.24, 2.45) is 0 Å². The van der Waals surface area contributed by atoms with Crippen LogP contribution in [0, 0.1) is 0 Å². The van der Waals surface area contributed by atoms with Gasteiger partial charge in [0.05, 0.1) is 0 Å². The number of benzene rings is 1. The van der Waals surface area contributed by atoms with Gasteiger partial charge in [-0.2, -0.15) is 0 Å². The summed E-state index contributed by atoms with van der Waals surface area (Å²) in [5, 5.41) is 5.45. The first kappa shape index (κ1) is 12.0. The molecule has 88 valence electrons. The first-order valence-electron chi connectivity index (χ1n) is 5.58. The number of rotatable bonds is 5. The van der Waals surface area contributed by atoms with Crippen molar-refractivity contribution in [2.75, 3.05) is 0 Å². The van der Waals surface area contributed by atoms with Gasteiger partial charge in [-0.25, -0.2) is 0 Å². The van der Waals surface area contributed by atoms with E-state index in [2.05, 4.69) is 22.8 Å². The molecule has 0 bridgehead atoms. The average molecular weight is 245 g/mol. The summed E-state index contributed by atoms with van der Waals surface area (Å²) in [6, 6.07) is 11.9. The molecule has 2 aromatic rings. The number of carbonyl (C=O) groups is 1. The minimum atomic E-state index is 0.116. The third kappa shape index (κ3) is 3.51. The number of Topliss-reactive ketones (excluding diaryl/α,β-unsaturated/α-hetero) is 1. The van der Waals surface area contributed by atoms with Crippen molar-refractivity contribution in [2.45, 2.75) is 20.0 Å². The van der Waals surface area contributed by atoms with Crippen molar-refractivity contribution in [3.05, 3.63) is 57.8 Å². The van der Waals surface area contributed by atoms with Crippen molar-refractivity contribution >= 4 is 17.1 Å². The van der Waals surface area contributed by atoms with Gasteiger partial charge in [0.15, 0.2) is 5.78 Å². The summed E-state index contributed by atoms with van der Waals surface area (Å²) in [4.78, 5) is 12.6. The van der Waals surface area contributed by atoms with Gasteiger partial charge in [0.2, 0.25) is 0 Å². The highest BCUT2D eigenvalue weighted by molar-refractivity contribution is 7.09. The Morgan fingerprint density at radius 2 is 2.12 bits per heavy atom. The van der Waals surface area contributed by atoms with Gasteiger partial charge >= 0.3 is 0 Å². The highest BCUT2D eigenvalue weighted by Crippen LogP contribution is 2.09. The molecule has 0 fully saturated rings. The molecule has 1 heterocycles. The number of hydrogen-bond donors (Lipinski definition) is 1. The summed E-state index contributed by atoms with van der Waals surface area (Å²) in [5.41, 5.74) is 1.93. The van der Waals surface area contributed by atoms with Crippen molar-refractivity contribution in [1.29, 1.82) is 0 Å². The molecule has 2 rings (SSSR count). The Bertz CT molecular complexity index is 491. The zero-order valence-electron chi connectivity index (χ0n) is 9.77. The quantitative estimate of drug-likeness (QED) is 0.819. The Hall–Kier alpha value is -1.45. The van der Waals surface area contributed by atoms with E-state index in [9.17, 15) is 4.79 Å². The van der Waals surface area contributed by atoms with Gasteiger partial charge in [-0.05, 0) is 30.0 Å². The lowest BCUT2D eigenvalue weighted by Crippen LogP contribution is -2.12. The van der Waals surface area contributed by atoms with E-state index in [0.29, 0.717) is 0 Å². The van der Waals surface area contributed by atoms with E-state index in [-0.39, 0.29) is 5.78 Å². The fraction of sp³-hybridized carbons (Fsp3) is 0.214. The summed E-state index contributed by atoms with van der Waals surface area (Å²) in [6.07, 6.45) is 0. The first-order chi connectivity index (χ1) is 8.25. The van der Waals surface area contributed by atoms with Crippen LogP contribution in [0.4, 0.5) is 0 Å². The number of nitrogens with one attached hydrogen (secondary N) is 1. The maximum Gasteiger partial charge on any atom is 0.159 e. The Labute approximate surface area is 105 Å². The smallest absolute Gasteiger partial charge is 0.159 e. The van der Waals surface area contributed by atoms with Gasteiger partial charge in [-0.1, -0.05) is 24.3 Å². The fourth-order valence-corrected chi connectivity index (χ4v) is 2.32. The minimum absolute atomic E-state index is 0.116. The van der Waals surface area contributed by atoms with Gasteiger partial charge in [0, 0.05) is 23.5 Å². The van der Waals surface area contributed by atoms with Crippen LogP contribution in [0.3, 0.4) is 0 Å². The molecule has 0 aliphatic carbocycles. The van der Waals surface area contributed by atoms with Gasteiger partial charge in [-0.15, -0.1) is 11.3 Å². The summed E-state index contributed by atoms with van der Waals surface area (Å²) < 4.78 is 0. The van der Waals surface area contributed by atoms with Gasteiger partial charge < -0.3 is 5.32 Å². The molecule has 2 nitrogen and oxygen atoms in total. The highest BCUT2D eigenvalue weighted by Gasteiger charge is 2.00. The molecule has 0 unspecified atom stereocenters. The zero-order chi connectivity index (χ0) is 12.1. The van der Waals surface area contributed by atoms with Crippen LogP contribution in [-0.2, 0) is 13.1 Å². The van der Waals surface area contributed by atoms with E-state index < -0.39 is 0 Å². The predicted octanol–water partition coefficient (Wildman–Crippen LogP) is 3.24.